The second-order valence-electron chi connectivity index (χ2n) is 4.81. The smallest absolute Gasteiger partial charge is 0.0622 e. The Morgan fingerprint density at radius 2 is 2.31 bits per heavy atom. The molecular weight excluding hydrogens is 198 g/mol. The van der Waals surface area contributed by atoms with Crippen molar-refractivity contribution >= 4 is 0 Å². The molecule has 1 saturated carbocycles. The van der Waals surface area contributed by atoms with Gasteiger partial charge in [0.2, 0.25) is 0 Å². The van der Waals surface area contributed by atoms with E-state index in [9.17, 15) is 0 Å². The van der Waals surface area contributed by atoms with E-state index < -0.39 is 0 Å². The summed E-state index contributed by atoms with van der Waals surface area (Å²) in [5, 5.41) is 13.2. The molecule has 0 amide bonds. The Morgan fingerprint density at radius 3 is 2.88 bits per heavy atom. The summed E-state index contributed by atoms with van der Waals surface area (Å²) in [6, 6.07) is 2.70. The zero-order valence-electron chi connectivity index (χ0n) is 9.89. The molecule has 1 aliphatic rings. The molecule has 1 aromatic rings. The maximum absolute atomic E-state index is 8.73. The van der Waals surface area contributed by atoms with Crippen LogP contribution in [0.5, 0.6) is 0 Å². The van der Waals surface area contributed by atoms with Gasteiger partial charge in [-0.15, -0.1) is 0 Å². The molecule has 1 aromatic heterocycles. The van der Waals surface area contributed by atoms with Crippen LogP contribution in [0.15, 0.2) is 12.4 Å². The Balaban J connectivity index is 2.10. The molecule has 0 spiro atoms. The summed E-state index contributed by atoms with van der Waals surface area (Å²) < 4.78 is 2.09. The molecular formula is C13H19N3. The predicted molar refractivity (Wildman–Crippen MR) is 62.8 cm³/mol. The molecule has 0 aromatic carbocycles. The van der Waals surface area contributed by atoms with Gasteiger partial charge in [0.15, 0.2) is 0 Å². The Morgan fingerprint density at radius 1 is 1.56 bits per heavy atom. The lowest BCUT2D eigenvalue weighted by Gasteiger charge is -2.23. The van der Waals surface area contributed by atoms with Crippen molar-refractivity contribution in [3.63, 3.8) is 0 Å². The molecule has 0 bridgehead atoms. The van der Waals surface area contributed by atoms with Crippen molar-refractivity contribution < 1.29 is 0 Å². The molecule has 0 saturated heterocycles. The minimum absolute atomic E-state index is 0.441. The quantitative estimate of drug-likeness (QED) is 0.777. The van der Waals surface area contributed by atoms with Crippen LogP contribution in [0.4, 0.5) is 0 Å². The second kappa shape index (κ2) is 5.16. The highest BCUT2D eigenvalue weighted by Gasteiger charge is 2.26. The minimum Gasteiger partial charge on any atom is -0.269 e. The summed E-state index contributed by atoms with van der Waals surface area (Å²) in [4.78, 5) is 0. The minimum atomic E-state index is 0.441. The van der Waals surface area contributed by atoms with Crippen LogP contribution in [0.2, 0.25) is 0 Å². The third-order valence-corrected chi connectivity index (χ3v) is 3.57. The summed E-state index contributed by atoms with van der Waals surface area (Å²) >= 11 is 0. The van der Waals surface area contributed by atoms with Gasteiger partial charge in [-0.05, 0) is 37.7 Å². The number of nitrogens with zero attached hydrogens (tertiary/aromatic N) is 3. The number of nitriles is 1. The van der Waals surface area contributed by atoms with Crippen molar-refractivity contribution in [3.8, 4) is 6.07 Å². The van der Waals surface area contributed by atoms with Gasteiger partial charge in [-0.3, -0.25) is 4.68 Å². The molecule has 0 N–H and O–H groups in total. The first-order chi connectivity index (χ1) is 7.81. The summed E-state index contributed by atoms with van der Waals surface area (Å²) in [6.45, 7) is 2.07. The van der Waals surface area contributed by atoms with Crippen molar-refractivity contribution in [2.24, 2.45) is 5.92 Å². The summed E-state index contributed by atoms with van der Waals surface area (Å²) in [7, 11) is 0. The van der Waals surface area contributed by atoms with Gasteiger partial charge in [-0.2, -0.15) is 10.4 Å². The molecule has 1 heterocycles. The highest BCUT2D eigenvalue weighted by molar-refractivity contribution is 5.01. The van der Waals surface area contributed by atoms with E-state index in [-0.39, 0.29) is 0 Å². The van der Waals surface area contributed by atoms with Gasteiger partial charge in [0.1, 0.15) is 0 Å². The van der Waals surface area contributed by atoms with Crippen molar-refractivity contribution in [2.45, 2.75) is 51.5 Å². The van der Waals surface area contributed by atoms with E-state index in [0.717, 1.165) is 12.3 Å². The maximum atomic E-state index is 8.73. The van der Waals surface area contributed by atoms with Gasteiger partial charge in [0.25, 0.3) is 0 Å². The predicted octanol–water partition coefficient (Wildman–Crippen LogP) is 3.23. The largest absolute Gasteiger partial charge is 0.269 e. The normalized spacial score (nSPS) is 18.5. The number of aromatic nitrogens is 2. The third kappa shape index (κ3) is 2.44. The average Bonchev–Trinajstić information content (AvgIpc) is 2.91. The lowest BCUT2D eigenvalue weighted by atomic mass is 9.94. The first-order valence-electron chi connectivity index (χ1n) is 6.19. The van der Waals surface area contributed by atoms with Crippen LogP contribution < -0.4 is 0 Å². The van der Waals surface area contributed by atoms with E-state index in [2.05, 4.69) is 29.0 Å². The van der Waals surface area contributed by atoms with E-state index in [0.29, 0.717) is 12.5 Å². The van der Waals surface area contributed by atoms with E-state index in [1.165, 1.54) is 31.2 Å². The number of hydrogen-bond acceptors (Lipinski definition) is 2. The monoisotopic (exact) mass is 217 g/mol. The van der Waals surface area contributed by atoms with Crippen LogP contribution in [0.3, 0.4) is 0 Å². The van der Waals surface area contributed by atoms with E-state index >= 15 is 0 Å². The number of aryl methyl sites for hydroxylation is 1. The van der Waals surface area contributed by atoms with Crippen LogP contribution in [0, 0.1) is 24.2 Å². The molecule has 0 radical (unpaired) electrons. The van der Waals surface area contributed by atoms with Gasteiger partial charge in [0, 0.05) is 12.6 Å². The molecule has 86 valence electrons. The molecule has 1 unspecified atom stereocenters. The van der Waals surface area contributed by atoms with Crippen molar-refractivity contribution in [2.75, 3.05) is 0 Å². The van der Waals surface area contributed by atoms with Crippen LogP contribution in [-0.2, 0) is 0 Å². The maximum Gasteiger partial charge on any atom is 0.0622 e. The van der Waals surface area contributed by atoms with Crippen molar-refractivity contribution in [1.82, 2.24) is 9.78 Å². The number of rotatable bonds is 4. The molecule has 2 rings (SSSR count). The number of hydrogen-bond donors (Lipinski definition) is 0. The van der Waals surface area contributed by atoms with Crippen LogP contribution in [0.25, 0.3) is 0 Å². The molecule has 16 heavy (non-hydrogen) atoms. The van der Waals surface area contributed by atoms with Gasteiger partial charge < -0.3 is 0 Å². The van der Waals surface area contributed by atoms with E-state index in [1.807, 2.05) is 6.20 Å². The first kappa shape index (κ1) is 11.2. The highest BCUT2D eigenvalue weighted by atomic mass is 15.3. The zero-order valence-corrected chi connectivity index (χ0v) is 9.89. The van der Waals surface area contributed by atoms with E-state index in [4.69, 9.17) is 5.26 Å². The van der Waals surface area contributed by atoms with Gasteiger partial charge in [-0.1, -0.05) is 12.8 Å². The molecule has 0 aliphatic heterocycles. The summed E-state index contributed by atoms with van der Waals surface area (Å²) in [5.41, 5.74) is 1.21. The van der Waals surface area contributed by atoms with Crippen molar-refractivity contribution in [1.29, 1.82) is 5.26 Å². The first-order valence-corrected chi connectivity index (χ1v) is 6.19. The van der Waals surface area contributed by atoms with Gasteiger partial charge >= 0.3 is 0 Å². The fourth-order valence-electron chi connectivity index (χ4n) is 2.75. The van der Waals surface area contributed by atoms with Gasteiger partial charge in [0.05, 0.1) is 18.3 Å². The lowest BCUT2D eigenvalue weighted by Crippen LogP contribution is -2.17. The Bertz CT molecular complexity index is 369. The Kier molecular flexibility index (Phi) is 3.61. The average molecular weight is 217 g/mol. The standard InChI is InChI=1S/C13H19N3/c1-11-9-15-16(10-11)13(7-4-8-14)12-5-2-3-6-12/h9-10,12-13H,2-7H2,1H3. The fraction of sp³-hybridized carbons (Fsp3) is 0.692. The van der Waals surface area contributed by atoms with Crippen LogP contribution in [0.1, 0.15) is 50.1 Å². The SMILES string of the molecule is Cc1cnn(C(CCC#N)C2CCCC2)c1. The van der Waals surface area contributed by atoms with E-state index in [1.54, 1.807) is 0 Å². The highest BCUT2D eigenvalue weighted by Crippen LogP contribution is 2.36. The molecule has 1 atom stereocenters. The van der Waals surface area contributed by atoms with Gasteiger partial charge in [-0.25, -0.2) is 0 Å². The molecule has 1 aliphatic carbocycles. The second-order valence-corrected chi connectivity index (χ2v) is 4.81. The summed E-state index contributed by atoms with van der Waals surface area (Å²) in [6.07, 6.45) is 10.9. The Hall–Kier alpha value is -1.30. The van der Waals surface area contributed by atoms with Crippen LogP contribution in [-0.4, -0.2) is 9.78 Å². The topological polar surface area (TPSA) is 41.6 Å². The third-order valence-electron chi connectivity index (χ3n) is 3.57. The Labute approximate surface area is 97.1 Å². The van der Waals surface area contributed by atoms with Crippen molar-refractivity contribution in [3.05, 3.63) is 18.0 Å². The molecule has 3 nitrogen and oxygen atoms in total. The molecule has 1 fully saturated rings. The fourth-order valence-corrected chi connectivity index (χ4v) is 2.75. The lowest BCUT2D eigenvalue weighted by molar-refractivity contribution is 0.295. The summed E-state index contributed by atoms with van der Waals surface area (Å²) in [5.74, 6) is 0.729. The zero-order chi connectivity index (χ0) is 11.4. The molecule has 3 heteroatoms. The van der Waals surface area contributed by atoms with Crippen LogP contribution >= 0.6 is 0 Å².